The Kier molecular flexibility index (Phi) is 5.84. The minimum Gasteiger partial charge on any atom is -1.00 e. The van der Waals surface area contributed by atoms with Crippen molar-refractivity contribution in [3.63, 3.8) is 0 Å². The molecule has 0 amide bonds. The predicted octanol–water partition coefficient (Wildman–Crippen LogP) is 2.55. The number of benzene rings is 3. The molecule has 0 fully saturated rings. The molecule has 5 aromatic rings. The van der Waals surface area contributed by atoms with Crippen LogP contribution in [0.1, 0.15) is 29.9 Å². The number of halogens is 1. The number of aromatic nitrogens is 2. The summed E-state index contributed by atoms with van der Waals surface area (Å²) >= 11 is 0. The molecule has 0 N–H and O–H groups in total. The zero-order valence-electron chi connectivity index (χ0n) is 17.7. The van der Waals surface area contributed by atoms with Crippen molar-refractivity contribution in [1.29, 1.82) is 0 Å². The second-order valence-electron chi connectivity index (χ2n) is 7.83. The Hall–Kier alpha value is -3.45. The van der Waals surface area contributed by atoms with E-state index in [0.29, 0.717) is 6.54 Å². The maximum absolute atomic E-state index is 10.9. The summed E-state index contributed by atoms with van der Waals surface area (Å²) in [6.45, 7) is 4.94. The van der Waals surface area contributed by atoms with Gasteiger partial charge >= 0.3 is 0 Å². The number of fused-ring (bicyclic) bond motifs is 3. The van der Waals surface area contributed by atoms with Gasteiger partial charge in [0, 0.05) is 29.8 Å². The van der Waals surface area contributed by atoms with Crippen LogP contribution in [-0.4, -0.2) is 9.49 Å². The lowest BCUT2D eigenvalue weighted by atomic mass is 10.0. The Balaban J connectivity index is 0.00000245. The molecule has 0 aliphatic carbocycles. The van der Waals surface area contributed by atoms with Gasteiger partial charge in [-0.3, -0.25) is 10.1 Å². The Bertz CT molecular complexity index is 1420. The summed E-state index contributed by atoms with van der Waals surface area (Å²) in [5.74, 6) is 1.11. The van der Waals surface area contributed by atoms with Gasteiger partial charge in [0.05, 0.1) is 4.92 Å². The summed E-state index contributed by atoms with van der Waals surface area (Å²) in [5, 5.41) is 13.1. The van der Waals surface area contributed by atoms with Crippen LogP contribution in [-0.2, 0) is 6.54 Å². The van der Waals surface area contributed by atoms with Crippen LogP contribution in [0.25, 0.3) is 21.9 Å². The van der Waals surface area contributed by atoms with E-state index in [4.69, 9.17) is 4.42 Å². The topological polar surface area (TPSA) is 65.1 Å². The molecule has 6 nitrogen and oxygen atoms in total. The number of rotatable bonds is 5. The maximum atomic E-state index is 10.9. The predicted molar refractivity (Wildman–Crippen MR) is 119 cm³/mol. The summed E-state index contributed by atoms with van der Waals surface area (Å²) in [6.07, 6.45) is 4.14. The Morgan fingerprint density at radius 3 is 2.50 bits per heavy atom. The Morgan fingerprint density at radius 2 is 1.75 bits per heavy atom. The maximum Gasteiger partial charge on any atom is 0.269 e. The normalized spacial score (nSPS) is 12.1. The number of nitro groups is 1. The summed E-state index contributed by atoms with van der Waals surface area (Å²) in [4.78, 5) is 10.5. The highest BCUT2D eigenvalue weighted by molar-refractivity contribution is 6.05. The minimum absolute atomic E-state index is 0. The molecule has 3 aromatic carbocycles. The van der Waals surface area contributed by atoms with E-state index in [1.54, 1.807) is 12.1 Å². The summed E-state index contributed by atoms with van der Waals surface area (Å²) in [7, 11) is 0. The molecule has 0 radical (unpaired) electrons. The molecular formula is C25H22BrN3O3. The zero-order valence-corrected chi connectivity index (χ0v) is 19.3. The number of nitrogens with zero attached hydrogens (tertiary/aromatic N) is 3. The molecule has 0 aliphatic heterocycles. The van der Waals surface area contributed by atoms with Crippen LogP contribution >= 0.6 is 0 Å². The third kappa shape index (κ3) is 3.80. The monoisotopic (exact) mass is 491 g/mol. The van der Waals surface area contributed by atoms with Gasteiger partial charge in [-0.2, -0.15) is 0 Å². The van der Waals surface area contributed by atoms with E-state index in [9.17, 15) is 10.1 Å². The van der Waals surface area contributed by atoms with Crippen LogP contribution in [0.2, 0.25) is 0 Å². The molecule has 1 atom stereocenters. The van der Waals surface area contributed by atoms with Crippen LogP contribution in [0.4, 0.5) is 5.69 Å². The fourth-order valence-corrected chi connectivity index (χ4v) is 4.18. The van der Waals surface area contributed by atoms with Gasteiger partial charge in [-0.05, 0) is 48.4 Å². The van der Waals surface area contributed by atoms with E-state index >= 15 is 0 Å². The van der Waals surface area contributed by atoms with Gasteiger partial charge in [-0.1, -0.05) is 24.3 Å². The highest BCUT2D eigenvalue weighted by Gasteiger charge is 2.21. The molecule has 1 unspecified atom stereocenters. The van der Waals surface area contributed by atoms with Gasteiger partial charge in [0.1, 0.15) is 36.1 Å². The molecule has 0 bridgehead atoms. The highest BCUT2D eigenvalue weighted by Crippen LogP contribution is 2.31. The van der Waals surface area contributed by atoms with Gasteiger partial charge in [0.25, 0.3) is 11.5 Å². The molecule has 162 valence electrons. The first-order valence-corrected chi connectivity index (χ1v) is 10.2. The van der Waals surface area contributed by atoms with E-state index in [2.05, 4.69) is 53.6 Å². The van der Waals surface area contributed by atoms with Crippen LogP contribution in [0.15, 0.2) is 83.5 Å². The van der Waals surface area contributed by atoms with Crippen molar-refractivity contribution >= 4 is 27.6 Å². The molecular weight excluding hydrogens is 470 g/mol. The van der Waals surface area contributed by atoms with E-state index in [1.165, 1.54) is 5.56 Å². The first kappa shape index (κ1) is 21.8. The molecule has 0 saturated carbocycles. The summed E-state index contributed by atoms with van der Waals surface area (Å²) in [6, 6.07) is 21.4. The van der Waals surface area contributed by atoms with E-state index in [-0.39, 0.29) is 33.6 Å². The van der Waals surface area contributed by atoms with Crippen molar-refractivity contribution in [1.82, 2.24) is 4.57 Å². The second-order valence-corrected chi connectivity index (χ2v) is 7.83. The number of para-hydroxylation sites is 1. The molecule has 0 spiro atoms. The van der Waals surface area contributed by atoms with Crippen LogP contribution in [0.3, 0.4) is 0 Å². The average molecular weight is 492 g/mol. The number of imidazole rings is 1. The number of nitro benzene ring substituents is 1. The molecule has 5 rings (SSSR count). The molecule has 0 aliphatic rings. The lowest BCUT2D eigenvalue weighted by Gasteiger charge is -2.11. The molecule has 2 heterocycles. The number of furan rings is 1. The SMILES string of the molecule is Cc1n(C(C)c2ccc3oc4ccccc4c3c2)cc[n+]1Cc1ccc([N+](=O)[O-])cc1.[Br-]. The first-order chi connectivity index (χ1) is 15.0. The van der Waals surface area contributed by atoms with Crippen molar-refractivity contribution in [2.24, 2.45) is 0 Å². The van der Waals surface area contributed by atoms with Crippen molar-refractivity contribution in [3.8, 4) is 0 Å². The van der Waals surface area contributed by atoms with E-state index < -0.39 is 0 Å². The third-order valence-electron chi connectivity index (χ3n) is 6.00. The first-order valence-electron chi connectivity index (χ1n) is 10.2. The number of hydrogen-bond acceptors (Lipinski definition) is 3. The standard InChI is InChI=1S/C25H22N3O3.BrH/c1-17(20-9-12-25-23(15-20)22-5-3-4-6-24(22)31-25)27-14-13-26(18(27)2)16-19-7-10-21(11-8-19)28(29)30;/h3-15,17H,16H2,1-2H3;1H/q+1;/p-1. The fraction of sp³-hybridized carbons (Fsp3) is 0.160. The van der Waals surface area contributed by atoms with Gasteiger partial charge in [0.15, 0.2) is 0 Å². The van der Waals surface area contributed by atoms with Gasteiger partial charge in [-0.15, -0.1) is 0 Å². The van der Waals surface area contributed by atoms with Gasteiger partial charge in [-0.25, -0.2) is 9.13 Å². The summed E-state index contributed by atoms with van der Waals surface area (Å²) < 4.78 is 10.4. The van der Waals surface area contributed by atoms with Crippen LogP contribution in [0.5, 0.6) is 0 Å². The van der Waals surface area contributed by atoms with Crippen molar-refractivity contribution < 1.29 is 30.9 Å². The lowest BCUT2D eigenvalue weighted by molar-refractivity contribution is -0.694. The smallest absolute Gasteiger partial charge is 0.269 e. The number of hydrogen-bond donors (Lipinski definition) is 0. The fourth-order valence-electron chi connectivity index (χ4n) is 4.18. The Labute approximate surface area is 195 Å². The molecule has 2 aromatic heterocycles. The lowest BCUT2D eigenvalue weighted by Crippen LogP contribution is -3.00. The van der Waals surface area contributed by atoms with Crippen LogP contribution in [0, 0.1) is 17.0 Å². The number of non-ortho nitro benzene ring substituents is 1. The van der Waals surface area contributed by atoms with Gasteiger partial charge < -0.3 is 21.4 Å². The highest BCUT2D eigenvalue weighted by atomic mass is 79.9. The zero-order chi connectivity index (χ0) is 21.5. The van der Waals surface area contributed by atoms with Gasteiger partial charge in [0.2, 0.25) is 0 Å². The third-order valence-corrected chi connectivity index (χ3v) is 6.00. The summed E-state index contributed by atoms with van der Waals surface area (Å²) in [5.41, 5.74) is 4.14. The second kappa shape index (κ2) is 8.59. The molecule has 32 heavy (non-hydrogen) atoms. The minimum atomic E-state index is -0.375. The van der Waals surface area contributed by atoms with E-state index in [0.717, 1.165) is 33.3 Å². The molecule has 0 saturated heterocycles. The largest absolute Gasteiger partial charge is 1.00 e. The van der Waals surface area contributed by atoms with Crippen molar-refractivity contribution in [3.05, 3.63) is 106 Å². The average Bonchev–Trinajstić information content (AvgIpc) is 3.33. The molecule has 7 heteroatoms. The van der Waals surface area contributed by atoms with Crippen LogP contribution < -0.4 is 21.5 Å². The Morgan fingerprint density at radius 1 is 1.03 bits per heavy atom. The van der Waals surface area contributed by atoms with Crippen molar-refractivity contribution in [2.75, 3.05) is 0 Å². The van der Waals surface area contributed by atoms with Crippen molar-refractivity contribution in [2.45, 2.75) is 26.4 Å². The van der Waals surface area contributed by atoms with E-state index in [1.807, 2.05) is 36.4 Å². The quantitative estimate of drug-likeness (QED) is 0.215.